The van der Waals surface area contributed by atoms with E-state index in [0.717, 1.165) is 16.7 Å². The minimum Gasteiger partial charge on any atom is -0.497 e. The zero-order valence-electron chi connectivity index (χ0n) is 29.9. The zero-order valence-corrected chi connectivity index (χ0v) is 30.9. The highest BCUT2D eigenvalue weighted by atomic mass is 28.4. The lowest BCUT2D eigenvalue weighted by molar-refractivity contribution is -0.151. The van der Waals surface area contributed by atoms with Crippen LogP contribution in [-0.2, 0) is 39.4 Å². The number of nitrogens with zero attached hydrogens (tertiary/aromatic N) is 2. The van der Waals surface area contributed by atoms with E-state index in [0.29, 0.717) is 41.2 Å². The van der Waals surface area contributed by atoms with E-state index in [9.17, 15) is 24.3 Å². The van der Waals surface area contributed by atoms with E-state index in [1.54, 1.807) is 29.0 Å². The summed E-state index contributed by atoms with van der Waals surface area (Å²) in [5.74, 6) is -0.556. The van der Waals surface area contributed by atoms with Crippen LogP contribution in [0.2, 0.25) is 18.6 Å². The summed E-state index contributed by atoms with van der Waals surface area (Å²) in [6.45, 7) is 6.06. The van der Waals surface area contributed by atoms with Gasteiger partial charge in [-0.05, 0) is 78.7 Å². The van der Waals surface area contributed by atoms with Gasteiger partial charge in [-0.15, -0.1) is 0 Å². The van der Waals surface area contributed by atoms with Gasteiger partial charge < -0.3 is 34.5 Å². The fraction of sp³-hybridized carbons (Fsp3) is 0.341. The molecule has 0 unspecified atom stereocenters. The molecule has 4 aromatic rings. The third-order valence-corrected chi connectivity index (χ3v) is 13.5. The van der Waals surface area contributed by atoms with E-state index in [-0.39, 0.29) is 43.3 Å². The van der Waals surface area contributed by atoms with Crippen LogP contribution in [0.4, 0.5) is 11.4 Å². The lowest BCUT2D eigenvalue weighted by Crippen LogP contribution is -2.48. The number of ether oxygens (including phenoxy) is 2. The molecule has 3 aliphatic heterocycles. The van der Waals surface area contributed by atoms with Crippen molar-refractivity contribution in [1.29, 1.82) is 0 Å². The third-order valence-electron chi connectivity index (χ3n) is 11.0. The molecule has 0 saturated carbocycles. The molecule has 10 nitrogen and oxygen atoms in total. The van der Waals surface area contributed by atoms with Gasteiger partial charge in [0.05, 0.1) is 44.5 Å². The highest BCUT2D eigenvalue weighted by molar-refractivity contribution is 6.71. The monoisotopic (exact) mass is 719 g/mol. The quantitative estimate of drug-likeness (QED) is 0.192. The van der Waals surface area contributed by atoms with Gasteiger partial charge in [0.2, 0.25) is 5.91 Å². The first-order valence-corrected chi connectivity index (χ1v) is 20.8. The van der Waals surface area contributed by atoms with Crippen LogP contribution < -0.4 is 15.0 Å². The van der Waals surface area contributed by atoms with E-state index in [2.05, 4.69) is 5.32 Å². The van der Waals surface area contributed by atoms with Gasteiger partial charge in [-0.25, -0.2) is 0 Å². The van der Waals surface area contributed by atoms with Crippen LogP contribution in [-0.4, -0.2) is 66.7 Å². The molecule has 3 amide bonds. The molecular weight excluding hydrogens is 675 g/mol. The number of carbonyl (C=O) groups is 3. The predicted molar refractivity (Wildman–Crippen MR) is 200 cm³/mol. The number of methoxy groups -OCH3 is 1. The Bertz CT molecular complexity index is 1980. The Labute approximate surface area is 305 Å². The van der Waals surface area contributed by atoms with Gasteiger partial charge in [-0.1, -0.05) is 61.5 Å². The standard InChI is InChI=1S/C41H45N3O7Si/c1-26-38(52(3,4)49)36(22-37(46)43-24-30-13-9-8-12-29(30)20-32(43)25-45)51-41(26)34-21-33(50-2)18-19-35(34)44(40(41)48)23-27-14-16-31(17-15-27)42-39(47)28-10-6-5-7-11-28/h5-19,21,26,32,36,38,45,49H,20,22-25H2,1-4H3,(H,42,47)/t26-,32+,36+,38-,41+/m1/s1. The Kier molecular flexibility index (Phi) is 9.55. The second-order valence-electron chi connectivity index (χ2n) is 14.7. The summed E-state index contributed by atoms with van der Waals surface area (Å²) in [6.07, 6.45) is -0.217. The zero-order chi connectivity index (χ0) is 36.8. The number of nitrogens with one attached hydrogen (secondary N) is 1. The molecule has 4 aromatic carbocycles. The highest BCUT2D eigenvalue weighted by Gasteiger charge is 2.66. The van der Waals surface area contributed by atoms with E-state index in [4.69, 9.17) is 9.47 Å². The predicted octanol–water partition coefficient (Wildman–Crippen LogP) is 5.63. The first kappa shape index (κ1) is 35.6. The maximum Gasteiger partial charge on any atom is 0.264 e. The molecule has 11 heteroatoms. The van der Waals surface area contributed by atoms with Crippen molar-refractivity contribution >= 4 is 37.4 Å². The number of aliphatic hydroxyl groups excluding tert-OH is 1. The van der Waals surface area contributed by atoms with E-state index < -0.39 is 31.5 Å². The smallest absolute Gasteiger partial charge is 0.264 e. The third kappa shape index (κ3) is 6.32. The normalized spacial score (nSPS) is 23.8. The first-order valence-electron chi connectivity index (χ1n) is 17.8. The minimum atomic E-state index is -3.04. The summed E-state index contributed by atoms with van der Waals surface area (Å²) in [5, 5.41) is 13.2. The molecule has 0 aromatic heterocycles. The molecule has 3 aliphatic rings. The highest BCUT2D eigenvalue weighted by Crippen LogP contribution is 2.60. The van der Waals surface area contributed by atoms with Crippen LogP contribution >= 0.6 is 0 Å². The molecule has 270 valence electrons. The lowest BCUT2D eigenvalue weighted by atomic mass is 9.82. The summed E-state index contributed by atoms with van der Waals surface area (Å²) in [5.41, 5.74) is 3.61. The van der Waals surface area contributed by atoms with Crippen molar-refractivity contribution in [1.82, 2.24) is 4.90 Å². The molecule has 1 fully saturated rings. The molecule has 3 heterocycles. The number of carbonyl (C=O) groups excluding carboxylic acids is 3. The Morgan fingerprint density at radius 3 is 2.35 bits per heavy atom. The van der Waals surface area contributed by atoms with Gasteiger partial charge in [-0.2, -0.15) is 0 Å². The summed E-state index contributed by atoms with van der Waals surface area (Å²) in [4.78, 5) is 57.0. The molecule has 0 aliphatic carbocycles. The number of anilines is 2. The van der Waals surface area contributed by atoms with Crippen molar-refractivity contribution in [3.63, 3.8) is 0 Å². The number of aliphatic hydroxyl groups is 1. The summed E-state index contributed by atoms with van der Waals surface area (Å²) < 4.78 is 12.6. The second-order valence-corrected chi connectivity index (χ2v) is 18.7. The topological polar surface area (TPSA) is 129 Å². The van der Waals surface area contributed by atoms with Crippen LogP contribution in [0.15, 0.2) is 97.1 Å². The van der Waals surface area contributed by atoms with Gasteiger partial charge in [0.25, 0.3) is 11.8 Å². The molecule has 0 bridgehead atoms. The molecule has 1 saturated heterocycles. The number of amides is 3. The van der Waals surface area contributed by atoms with Crippen LogP contribution in [0.5, 0.6) is 5.75 Å². The van der Waals surface area contributed by atoms with Crippen molar-refractivity contribution in [2.75, 3.05) is 23.9 Å². The second kappa shape index (κ2) is 14.0. The molecule has 52 heavy (non-hydrogen) atoms. The van der Waals surface area contributed by atoms with Gasteiger partial charge in [0, 0.05) is 34.8 Å². The summed E-state index contributed by atoms with van der Waals surface area (Å²) in [7, 11) is -1.47. The largest absolute Gasteiger partial charge is 0.497 e. The lowest BCUT2D eigenvalue weighted by Gasteiger charge is -2.37. The van der Waals surface area contributed by atoms with E-state index in [1.807, 2.05) is 105 Å². The Hall–Kier alpha value is -4.81. The minimum absolute atomic E-state index is 0.0326. The Morgan fingerprint density at radius 1 is 0.981 bits per heavy atom. The van der Waals surface area contributed by atoms with Crippen molar-refractivity contribution in [2.45, 2.75) is 69.2 Å². The average molecular weight is 720 g/mol. The summed E-state index contributed by atoms with van der Waals surface area (Å²) in [6, 6.07) is 29.4. The van der Waals surface area contributed by atoms with Gasteiger partial charge >= 0.3 is 0 Å². The van der Waals surface area contributed by atoms with Crippen LogP contribution in [0.1, 0.15) is 46.0 Å². The van der Waals surface area contributed by atoms with Crippen molar-refractivity contribution < 1.29 is 33.8 Å². The molecule has 0 radical (unpaired) electrons. The van der Waals surface area contributed by atoms with Crippen LogP contribution in [0, 0.1) is 5.92 Å². The maximum absolute atomic E-state index is 14.9. The first-order chi connectivity index (χ1) is 24.9. The number of fused-ring (bicyclic) bond motifs is 3. The van der Waals surface area contributed by atoms with Gasteiger partial charge in [0.1, 0.15) is 5.75 Å². The fourth-order valence-corrected chi connectivity index (χ4v) is 11.1. The van der Waals surface area contributed by atoms with E-state index in [1.165, 1.54) is 0 Å². The number of hydrogen-bond donors (Lipinski definition) is 3. The van der Waals surface area contributed by atoms with Crippen molar-refractivity contribution in [3.8, 4) is 5.75 Å². The SMILES string of the molecule is COc1ccc2c(c1)[C@]1(O[C@@H](CC(=O)N3Cc4ccccc4C[C@H]3CO)[C@H]([Si](C)(C)O)[C@H]1C)C(=O)N2Cc1ccc(NC(=O)c2ccccc2)cc1. The Balaban J connectivity index is 1.17. The number of hydrogen-bond acceptors (Lipinski definition) is 7. The molecular formula is C41H45N3O7Si. The Morgan fingerprint density at radius 2 is 1.67 bits per heavy atom. The molecule has 3 N–H and O–H groups in total. The number of benzene rings is 4. The molecule has 1 spiro atoms. The van der Waals surface area contributed by atoms with E-state index >= 15 is 0 Å². The fourth-order valence-electron chi connectivity index (χ4n) is 8.54. The van der Waals surface area contributed by atoms with Gasteiger partial charge in [0.15, 0.2) is 13.9 Å². The maximum atomic E-state index is 14.9. The van der Waals surface area contributed by atoms with Gasteiger partial charge in [-0.3, -0.25) is 14.4 Å². The average Bonchev–Trinajstić information content (AvgIpc) is 3.57. The number of rotatable bonds is 9. The molecule has 5 atom stereocenters. The van der Waals surface area contributed by atoms with Crippen LogP contribution in [0.3, 0.4) is 0 Å². The van der Waals surface area contributed by atoms with Crippen LogP contribution in [0.25, 0.3) is 0 Å². The van der Waals surface area contributed by atoms with Crippen molar-refractivity contribution in [2.24, 2.45) is 5.92 Å². The van der Waals surface area contributed by atoms with Crippen molar-refractivity contribution in [3.05, 3.63) is 125 Å². The molecule has 7 rings (SSSR count). The summed E-state index contributed by atoms with van der Waals surface area (Å²) >= 11 is 0.